The van der Waals surface area contributed by atoms with Gasteiger partial charge in [-0.05, 0) is 74.3 Å². The van der Waals surface area contributed by atoms with E-state index in [2.05, 4.69) is 4.98 Å². The Morgan fingerprint density at radius 2 is 1.78 bits per heavy atom. The number of aromatic hydroxyl groups is 1. The van der Waals surface area contributed by atoms with Crippen LogP contribution in [0.15, 0.2) is 22.6 Å². The van der Waals surface area contributed by atoms with Crippen molar-refractivity contribution in [2.45, 2.75) is 50.5 Å². The molecule has 4 aliphatic rings. The summed E-state index contributed by atoms with van der Waals surface area (Å²) in [5.74, 6) is 3.56. The summed E-state index contributed by atoms with van der Waals surface area (Å²) in [7, 11) is 0. The molecule has 0 radical (unpaired) electrons. The molecular formula is C19H23NO3. The third-order valence-corrected chi connectivity index (χ3v) is 6.71. The van der Waals surface area contributed by atoms with Gasteiger partial charge in [0.1, 0.15) is 11.3 Å². The lowest BCUT2D eigenvalue weighted by Gasteiger charge is -2.59. The van der Waals surface area contributed by atoms with Gasteiger partial charge < -0.3 is 14.6 Å². The summed E-state index contributed by atoms with van der Waals surface area (Å²) >= 11 is 0. The number of aromatic nitrogens is 1. The van der Waals surface area contributed by atoms with Crippen LogP contribution < -0.4 is 0 Å². The number of rotatable bonds is 3. The number of nitrogens with zero attached hydrogens (tertiary/aromatic N) is 1. The predicted molar refractivity (Wildman–Crippen MR) is 86.0 cm³/mol. The highest BCUT2D eigenvalue weighted by Crippen LogP contribution is 2.59. The lowest BCUT2D eigenvalue weighted by atomic mass is 9.49. The Bertz CT molecular complexity index is 722. The van der Waals surface area contributed by atoms with Crippen LogP contribution in [0.4, 0.5) is 0 Å². The van der Waals surface area contributed by atoms with Gasteiger partial charge in [0.15, 0.2) is 11.5 Å². The van der Waals surface area contributed by atoms with Gasteiger partial charge in [-0.3, -0.25) is 0 Å². The maximum atomic E-state index is 11.4. The van der Waals surface area contributed by atoms with E-state index in [-0.39, 0.29) is 5.75 Å². The number of hydrogen-bond acceptors (Lipinski definition) is 4. The Balaban J connectivity index is 1.36. The molecule has 4 aliphatic carbocycles. The van der Waals surface area contributed by atoms with E-state index < -0.39 is 5.60 Å². The van der Waals surface area contributed by atoms with E-state index in [1.807, 2.05) is 0 Å². The van der Waals surface area contributed by atoms with Crippen molar-refractivity contribution < 1.29 is 14.6 Å². The van der Waals surface area contributed by atoms with Gasteiger partial charge in [0.05, 0.1) is 5.60 Å². The number of hydrogen-bond donors (Lipinski definition) is 2. The zero-order chi connectivity index (χ0) is 15.6. The van der Waals surface area contributed by atoms with E-state index in [9.17, 15) is 10.2 Å². The largest absolute Gasteiger partial charge is 0.508 e. The lowest BCUT2D eigenvalue weighted by Crippen LogP contribution is -2.57. The minimum absolute atomic E-state index is 0.194. The summed E-state index contributed by atoms with van der Waals surface area (Å²) in [6, 6.07) is 5.00. The molecule has 1 aromatic carbocycles. The van der Waals surface area contributed by atoms with E-state index in [0.29, 0.717) is 29.7 Å². The van der Waals surface area contributed by atoms with Crippen molar-refractivity contribution in [1.29, 1.82) is 0 Å². The quantitative estimate of drug-likeness (QED) is 0.907. The average Bonchev–Trinajstić information content (AvgIpc) is 2.92. The fourth-order valence-corrected chi connectivity index (χ4v) is 5.78. The Hall–Kier alpha value is -1.55. The summed E-state index contributed by atoms with van der Waals surface area (Å²) in [6.07, 6.45) is 7.68. The molecule has 4 fully saturated rings. The highest BCUT2D eigenvalue weighted by molar-refractivity contribution is 5.74. The summed E-state index contributed by atoms with van der Waals surface area (Å²) in [4.78, 5) is 4.50. The molecule has 4 nitrogen and oxygen atoms in total. The third-order valence-electron chi connectivity index (χ3n) is 6.71. The number of aliphatic hydroxyl groups is 1. The molecule has 0 atom stereocenters. The first-order chi connectivity index (χ1) is 11.1. The molecule has 23 heavy (non-hydrogen) atoms. The van der Waals surface area contributed by atoms with Crippen LogP contribution in [0, 0.1) is 23.7 Å². The molecule has 2 aromatic rings. The lowest BCUT2D eigenvalue weighted by molar-refractivity contribution is -0.176. The molecule has 0 saturated heterocycles. The minimum Gasteiger partial charge on any atom is -0.508 e. The van der Waals surface area contributed by atoms with E-state index in [0.717, 1.165) is 23.8 Å². The van der Waals surface area contributed by atoms with Crippen molar-refractivity contribution >= 4 is 11.1 Å². The van der Waals surface area contributed by atoms with Crippen LogP contribution in [0.2, 0.25) is 0 Å². The van der Waals surface area contributed by atoms with Crippen molar-refractivity contribution in [2.75, 3.05) is 0 Å². The molecule has 6 rings (SSSR count). The Morgan fingerprint density at radius 3 is 2.48 bits per heavy atom. The standard InChI is InChI=1S/C19H23NO3/c21-15-1-2-16-17(10-15)23-18(20-16)3-4-19(22)13-6-11-5-12(8-13)9-14(19)7-11/h1-2,10-14,21-22H,3-9H2. The van der Waals surface area contributed by atoms with Crippen molar-refractivity contribution in [3.05, 3.63) is 24.1 Å². The van der Waals surface area contributed by atoms with Gasteiger partial charge >= 0.3 is 0 Å². The molecular weight excluding hydrogens is 290 g/mol. The van der Waals surface area contributed by atoms with E-state index >= 15 is 0 Å². The zero-order valence-electron chi connectivity index (χ0n) is 13.2. The average molecular weight is 313 g/mol. The maximum absolute atomic E-state index is 11.4. The molecule has 4 bridgehead atoms. The molecule has 0 amide bonds. The molecule has 122 valence electrons. The number of aryl methyl sites for hydroxylation is 1. The number of oxazole rings is 1. The van der Waals surface area contributed by atoms with Gasteiger partial charge in [-0.1, -0.05) is 0 Å². The van der Waals surface area contributed by atoms with Crippen LogP contribution in [-0.4, -0.2) is 20.8 Å². The molecule has 0 aliphatic heterocycles. The third kappa shape index (κ3) is 2.11. The minimum atomic E-state index is -0.518. The first-order valence-electron chi connectivity index (χ1n) is 8.91. The monoisotopic (exact) mass is 313 g/mol. The fourth-order valence-electron chi connectivity index (χ4n) is 5.78. The number of phenols is 1. The van der Waals surface area contributed by atoms with Crippen LogP contribution in [0.5, 0.6) is 5.75 Å². The smallest absolute Gasteiger partial charge is 0.195 e. The van der Waals surface area contributed by atoms with Gasteiger partial charge in [-0.25, -0.2) is 4.98 Å². The van der Waals surface area contributed by atoms with Crippen molar-refractivity contribution in [3.8, 4) is 5.75 Å². The Labute approximate surface area is 135 Å². The van der Waals surface area contributed by atoms with Gasteiger partial charge in [-0.2, -0.15) is 0 Å². The Morgan fingerprint density at radius 1 is 1.09 bits per heavy atom. The van der Waals surface area contributed by atoms with Crippen molar-refractivity contribution in [1.82, 2.24) is 4.98 Å². The van der Waals surface area contributed by atoms with Gasteiger partial charge in [-0.15, -0.1) is 0 Å². The number of phenolic OH excluding ortho intramolecular Hbond substituents is 1. The maximum Gasteiger partial charge on any atom is 0.195 e. The highest BCUT2D eigenvalue weighted by atomic mass is 16.3. The zero-order valence-corrected chi connectivity index (χ0v) is 13.2. The normalized spacial score (nSPS) is 38.5. The Kier molecular flexibility index (Phi) is 2.85. The SMILES string of the molecule is Oc1ccc2nc(CCC3(O)C4CC5CC(C4)CC3C5)oc2c1. The molecule has 0 unspecified atom stereocenters. The van der Waals surface area contributed by atoms with Crippen molar-refractivity contribution in [3.63, 3.8) is 0 Å². The van der Waals surface area contributed by atoms with Gasteiger partial charge in [0, 0.05) is 12.5 Å². The second kappa shape index (κ2) is 4.73. The van der Waals surface area contributed by atoms with Crippen molar-refractivity contribution in [2.24, 2.45) is 23.7 Å². The summed E-state index contributed by atoms with van der Waals surface area (Å²) < 4.78 is 5.75. The topological polar surface area (TPSA) is 66.5 Å². The van der Waals surface area contributed by atoms with Gasteiger partial charge in [0.25, 0.3) is 0 Å². The molecule has 4 saturated carbocycles. The van der Waals surface area contributed by atoms with Crippen LogP contribution in [-0.2, 0) is 6.42 Å². The number of benzene rings is 1. The molecule has 2 N–H and O–H groups in total. The summed E-state index contributed by atoms with van der Waals surface area (Å²) in [6.45, 7) is 0. The number of fused-ring (bicyclic) bond motifs is 1. The summed E-state index contributed by atoms with van der Waals surface area (Å²) in [5, 5.41) is 20.9. The highest BCUT2D eigenvalue weighted by Gasteiger charge is 2.56. The van der Waals surface area contributed by atoms with Crippen LogP contribution in [0.25, 0.3) is 11.1 Å². The van der Waals surface area contributed by atoms with E-state index in [1.165, 1.54) is 32.1 Å². The van der Waals surface area contributed by atoms with Crippen LogP contribution >= 0.6 is 0 Å². The van der Waals surface area contributed by atoms with Crippen LogP contribution in [0.3, 0.4) is 0 Å². The molecule has 1 aromatic heterocycles. The first kappa shape index (κ1) is 13.8. The van der Waals surface area contributed by atoms with E-state index in [4.69, 9.17) is 4.42 Å². The molecule has 0 spiro atoms. The van der Waals surface area contributed by atoms with Gasteiger partial charge in [0.2, 0.25) is 0 Å². The fraction of sp³-hybridized carbons (Fsp3) is 0.632. The predicted octanol–water partition coefficient (Wildman–Crippen LogP) is 3.65. The summed E-state index contributed by atoms with van der Waals surface area (Å²) in [5.41, 5.74) is 0.878. The molecule has 1 heterocycles. The second-order valence-corrected chi connectivity index (χ2v) is 8.06. The van der Waals surface area contributed by atoms with Crippen LogP contribution in [0.1, 0.15) is 44.4 Å². The second-order valence-electron chi connectivity index (χ2n) is 8.06. The molecule has 4 heteroatoms. The first-order valence-corrected chi connectivity index (χ1v) is 8.91. The van der Waals surface area contributed by atoms with E-state index in [1.54, 1.807) is 18.2 Å².